The summed E-state index contributed by atoms with van der Waals surface area (Å²) in [6.07, 6.45) is 3.28. The molecule has 0 spiro atoms. The quantitative estimate of drug-likeness (QED) is 0.611. The average Bonchev–Trinajstić information content (AvgIpc) is 3.00. The number of aromatic amines is 1. The van der Waals surface area contributed by atoms with E-state index >= 15 is 0 Å². The summed E-state index contributed by atoms with van der Waals surface area (Å²) >= 11 is 4.73. The molecule has 2 aromatic carbocycles. The van der Waals surface area contributed by atoms with Gasteiger partial charge in [0.15, 0.2) is 5.78 Å². The molecule has 0 saturated carbocycles. The fourth-order valence-corrected chi connectivity index (χ4v) is 3.76. The van der Waals surface area contributed by atoms with Crippen molar-refractivity contribution < 1.29 is 9.53 Å². The summed E-state index contributed by atoms with van der Waals surface area (Å²) in [6.45, 7) is 5.98. The molecule has 0 aliphatic heterocycles. The molecule has 1 N–H and O–H groups in total. The Kier molecular flexibility index (Phi) is 6.55. The normalized spacial score (nSPS) is 13.0. The summed E-state index contributed by atoms with van der Waals surface area (Å²) in [5, 5.41) is 0. The van der Waals surface area contributed by atoms with Gasteiger partial charge in [-0.05, 0) is 29.8 Å². The zero-order valence-electron chi connectivity index (χ0n) is 16.5. The minimum Gasteiger partial charge on any atom is -0.488 e. The third-order valence-electron chi connectivity index (χ3n) is 4.18. The van der Waals surface area contributed by atoms with Gasteiger partial charge in [-0.3, -0.25) is 9.59 Å². The number of hydrogen-bond acceptors (Lipinski definition) is 4. The van der Waals surface area contributed by atoms with Crippen molar-refractivity contribution in [2.45, 2.75) is 27.4 Å². The first-order valence-corrected chi connectivity index (χ1v) is 10.8. The van der Waals surface area contributed by atoms with Crippen LogP contribution in [0.15, 0.2) is 57.8 Å². The number of rotatable bonds is 5. The molecule has 0 saturated heterocycles. The lowest BCUT2D eigenvalue weighted by molar-refractivity contribution is -0.119. The molecule has 29 heavy (non-hydrogen) atoms. The molecule has 0 fully saturated rings. The third kappa shape index (κ3) is 5.78. The van der Waals surface area contributed by atoms with E-state index in [0.29, 0.717) is 21.6 Å². The van der Waals surface area contributed by atoms with E-state index in [-0.39, 0.29) is 11.3 Å². The molecule has 1 heterocycles. The SMILES string of the molecule is CC(C)(C)C(=O)/C=c1/[nH]c(=O)/c(=C/c2cc(Br)ccc2OCc2ccccc2)s1. The van der Waals surface area contributed by atoms with E-state index in [1.54, 1.807) is 6.08 Å². The zero-order valence-corrected chi connectivity index (χ0v) is 18.9. The van der Waals surface area contributed by atoms with Crippen LogP contribution in [0, 0.1) is 5.41 Å². The smallest absolute Gasteiger partial charge is 0.266 e. The van der Waals surface area contributed by atoms with E-state index in [9.17, 15) is 9.59 Å². The zero-order chi connectivity index (χ0) is 21.0. The number of Topliss-reactive ketones (excluding diaryl/α,β-unsaturated/α-hetero) is 1. The molecule has 0 atom stereocenters. The maximum atomic E-state index is 12.4. The number of halogens is 1. The average molecular weight is 472 g/mol. The summed E-state index contributed by atoms with van der Waals surface area (Å²) in [4.78, 5) is 27.4. The van der Waals surface area contributed by atoms with Gasteiger partial charge in [-0.15, -0.1) is 11.3 Å². The van der Waals surface area contributed by atoms with Crippen molar-refractivity contribution in [3.63, 3.8) is 0 Å². The molecule has 0 bridgehead atoms. The molecular formula is C23H22BrNO3S. The Morgan fingerprint density at radius 2 is 1.90 bits per heavy atom. The highest BCUT2D eigenvalue weighted by molar-refractivity contribution is 9.10. The molecule has 0 radical (unpaired) electrons. The first kappa shape index (κ1) is 21.3. The molecule has 150 valence electrons. The van der Waals surface area contributed by atoms with Gasteiger partial charge in [-0.1, -0.05) is 67.0 Å². The maximum absolute atomic E-state index is 12.4. The summed E-state index contributed by atoms with van der Waals surface area (Å²) in [7, 11) is 0. The van der Waals surface area contributed by atoms with E-state index in [1.165, 1.54) is 17.4 Å². The summed E-state index contributed by atoms with van der Waals surface area (Å²) in [5.74, 6) is 0.650. The number of thiazole rings is 1. The number of carbonyl (C=O) groups excluding carboxylic acids is 1. The number of ketones is 1. The van der Waals surface area contributed by atoms with Crippen LogP contribution in [-0.2, 0) is 11.4 Å². The molecule has 3 aromatic rings. The van der Waals surface area contributed by atoms with E-state index in [2.05, 4.69) is 20.9 Å². The third-order valence-corrected chi connectivity index (χ3v) is 5.63. The number of carbonyl (C=O) groups is 1. The number of hydrogen-bond donors (Lipinski definition) is 1. The lowest BCUT2D eigenvalue weighted by Crippen LogP contribution is -2.22. The van der Waals surface area contributed by atoms with Crippen LogP contribution < -0.4 is 19.5 Å². The number of ether oxygens (including phenoxy) is 1. The van der Waals surface area contributed by atoms with E-state index < -0.39 is 5.41 Å². The molecule has 3 rings (SSSR count). The van der Waals surface area contributed by atoms with Crippen LogP contribution in [0.1, 0.15) is 31.9 Å². The Morgan fingerprint density at radius 3 is 2.59 bits per heavy atom. The van der Waals surface area contributed by atoms with Crippen LogP contribution in [0.25, 0.3) is 12.2 Å². The number of aromatic nitrogens is 1. The van der Waals surface area contributed by atoms with Crippen LogP contribution >= 0.6 is 27.3 Å². The van der Waals surface area contributed by atoms with Crippen LogP contribution in [0.4, 0.5) is 0 Å². The molecule has 0 unspecified atom stereocenters. The van der Waals surface area contributed by atoms with Gasteiger partial charge in [-0.2, -0.15) is 0 Å². The number of benzene rings is 2. The first-order chi connectivity index (χ1) is 13.7. The molecule has 4 nitrogen and oxygen atoms in total. The van der Waals surface area contributed by atoms with Gasteiger partial charge < -0.3 is 9.72 Å². The fraction of sp³-hybridized carbons (Fsp3) is 0.217. The molecular weight excluding hydrogens is 450 g/mol. The minimum absolute atomic E-state index is 0.0316. The molecule has 0 aliphatic carbocycles. The van der Waals surface area contributed by atoms with Crippen LogP contribution in [0.3, 0.4) is 0 Å². The Bertz CT molecular complexity index is 1190. The largest absolute Gasteiger partial charge is 0.488 e. The molecule has 6 heteroatoms. The standard InChI is InChI=1S/C23H22BrNO3S/c1-23(2,3)20(26)13-21-25-22(27)19(29-21)12-16-11-17(24)9-10-18(16)28-14-15-7-5-4-6-8-15/h4-13H,14H2,1-3H3,(H,25,27)/b19-12-,21-13-. The topological polar surface area (TPSA) is 59.2 Å². The van der Waals surface area contributed by atoms with E-state index in [1.807, 2.05) is 69.3 Å². The fourth-order valence-electron chi connectivity index (χ4n) is 2.50. The van der Waals surface area contributed by atoms with Gasteiger partial charge in [0.2, 0.25) is 0 Å². The van der Waals surface area contributed by atoms with Gasteiger partial charge >= 0.3 is 0 Å². The summed E-state index contributed by atoms with van der Waals surface area (Å²) < 4.78 is 7.93. The van der Waals surface area contributed by atoms with Crippen molar-refractivity contribution >= 4 is 45.2 Å². The summed E-state index contributed by atoms with van der Waals surface area (Å²) in [5.41, 5.74) is 1.13. The van der Waals surface area contributed by atoms with Crippen molar-refractivity contribution in [2.24, 2.45) is 5.41 Å². The number of nitrogens with one attached hydrogen (secondary N) is 1. The predicted octanol–water partition coefficient (Wildman–Crippen LogP) is 4.00. The van der Waals surface area contributed by atoms with E-state index in [4.69, 9.17) is 4.74 Å². The monoisotopic (exact) mass is 471 g/mol. The van der Waals surface area contributed by atoms with Gasteiger partial charge in [0.25, 0.3) is 5.56 Å². The van der Waals surface area contributed by atoms with E-state index in [0.717, 1.165) is 15.6 Å². The van der Waals surface area contributed by atoms with Gasteiger partial charge in [0.1, 0.15) is 12.4 Å². The van der Waals surface area contributed by atoms with Crippen molar-refractivity contribution in [3.8, 4) is 5.75 Å². The highest BCUT2D eigenvalue weighted by Gasteiger charge is 2.18. The second-order valence-electron chi connectivity index (χ2n) is 7.64. The van der Waals surface area contributed by atoms with Crippen molar-refractivity contribution in [3.05, 3.63) is 83.7 Å². The van der Waals surface area contributed by atoms with Crippen molar-refractivity contribution in [1.29, 1.82) is 0 Å². The Balaban J connectivity index is 1.96. The maximum Gasteiger partial charge on any atom is 0.266 e. The summed E-state index contributed by atoms with van der Waals surface area (Å²) in [6, 6.07) is 15.6. The second-order valence-corrected chi connectivity index (χ2v) is 9.64. The Hall–Kier alpha value is -2.44. The molecule has 0 aliphatic rings. The lowest BCUT2D eigenvalue weighted by Gasteiger charge is -2.12. The minimum atomic E-state index is -0.493. The van der Waals surface area contributed by atoms with Gasteiger partial charge in [0.05, 0.1) is 9.20 Å². The van der Waals surface area contributed by atoms with Gasteiger partial charge in [-0.25, -0.2) is 0 Å². The van der Waals surface area contributed by atoms with Crippen LogP contribution in [0.5, 0.6) is 5.75 Å². The molecule has 0 amide bonds. The molecule has 1 aromatic heterocycles. The van der Waals surface area contributed by atoms with Crippen molar-refractivity contribution in [1.82, 2.24) is 4.98 Å². The number of H-pyrrole nitrogens is 1. The van der Waals surface area contributed by atoms with Gasteiger partial charge in [0, 0.05) is 21.5 Å². The Labute approximate surface area is 181 Å². The Morgan fingerprint density at radius 1 is 1.17 bits per heavy atom. The highest BCUT2D eigenvalue weighted by atomic mass is 79.9. The predicted molar refractivity (Wildman–Crippen MR) is 122 cm³/mol. The second kappa shape index (κ2) is 8.93. The highest BCUT2D eigenvalue weighted by Crippen LogP contribution is 2.24. The van der Waals surface area contributed by atoms with Crippen molar-refractivity contribution in [2.75, 3.05) is 0 Å². The van der Waals surface area contributed by atoms with Crippen LogP contribution in [-0.4, -0.2) is 10.8 Å². The van der Waals surface area contributed by atoms with Crippen LogP contribution in [0.2, 0.25) is 0 Å². The lowest BCUT2D eigenvalue weighted by atomic mass is 9.91. The first-order valence-electron chi connectivity index (χ1n) is 9.16.